The highest BCUT2D eigenvalue weighted by Crippen LogP contribution is 2.17. The molecule has 1 heterocycles. The van der Waals surface area contributed by atoms with Gasteiger partial charge in [-0.05, 0) is 42.6 Å². The van der Waals surface area contributed by atoms with Crippen molar-refractivity contribution in [3.8, 4) is 5.69 Å². The lowest BCUT2D eigenvalue weighted by Crippen LogP contribution is -2.28. The van der Waals surface area contributed by atoms with Gasteiger partial charge in [0, 0.05) is 14.1 Å². The number of aryl methyl sites for hydroxylation is 1. The van der Waals surface area contributed by atoms with Crippen LogP contribution in [0, 0.1) is 13.8 Å². The fourth-order valence-corrected chi connectivity index (χ4v) is 2.85. The fourth-order valence-electron chi connectivity index (χ4n) is 2.41. The van der Waals surface area contributed by atoms with Crippen LogP contribution in [0.5, 0.6) is 0 Å². The Bertz CT molecular complexity index is 748. The van der Waals surface area contributed by atoms with E-state index in [9.17, 15) is 13.6 Å². The monoisotopic (exact) mass is 308 g/mol. The van der Waals surface area contributed by atoms with Gasteiger partial charge >= 0.3 is 0 Å². The molecule has 0 N–H and O–H groups in total. The third-order valence-corrected chi connectivity index (χ3v) is 4.05. The predicted octanol–water partition coefficient (Wildman–Crippen LogP) is 1.07. The molecule has 0 aliphatic carbocycles. The van der Waals surface area contributed by atoms with E-state index in [1.54, 1.807) is 30.4 Å². The van der Waals surface area contributed by atoms with Gasteiger partial charge in [0.2, 0.25) is 0 Å². The van der Waals surface area contributed by atoms with Gasteiger partial charge in [0.25, 0.3) is 5.56 Å². The topological polar surface area (TPSA) is 70.3 Å². The van der Waals surface area contributed by atoms with Crippen molar-refractivity contribution in [3.05, 3.63) is 45.9 Å². The van der Waals surface area contributed by atoms with E-state index in [-0.39, 0.29) is 11.4 Å². The molecule has 2 aromatic rings. The summed E-state index contributed by atoms with van der Waals surface area (Å²) in [5.41, 5.74) is 2.69. The van der Waals surface area contributed by atoms with Crippen LogP contribution in [0.15, 0.2) is 29.1 Å². The zero-order valence-corrected chi connectivity index (χ0v) is 13.3. The molecule has 0 aliphatic heterocycles. The van der Waals surface area contributed by atoms with Crippen molar-refractivity contribution in [2.45, 2.75) is 13.8 Å². The van der Waals surface area contributed by atoms with Gasteiger partial charge in [-0.1, -0.05) is 12.1 Å². The summed E-state index contributed by atoms with van der Waals surface area (Å²) in [6.07, 6.45) is 0. The summed E-state index contributed by atoms with van der Waals surface area (Å²) in [5, 5.41) is 0. The molecular weight excluding hydrogens is 290 g/mol. The largest absolute Gasteiger partial charge is 0.771 e. The highest BCUT2D eigenvalue weighted by Gasteiger charge is 2.19. The molecular formula is C14H18N3O3S-. The van der Waals surface area contributed by atoms with Crippen molar-refractivity contribution in [1.29, 1.82) is 0 Å². The Labute approximate surface area is 125 Å². The molecule has 0 spiro atoms. The van der Waals surface area contributed by atoms with Gasteiger partial charge in [-0.3, -0.25) is 13.7 Å². The first-order valence-electron chi connectivity index (χ1n) is 6.45. The van der Waals surface area contributed by atoms with Crippen LogP contribution >= 0.6 is 0 Å². The number of benzene rings is 1. The maximum atomic E-state index is 12.6. The SMILES string of the molecule is Cc1cccc(-n2c(=O)c(N(C)CS(=O)[O-])c(C)n2C)c1. The maximum Gasteiger partial charge on any atom is 0.295 e. The van der Waals surface area contributed by atoms with Crippen LogP contribution in [0.1, 0.15) is 11.3 Å². The van der Waals surface area contributed by atoms with Crippen molar-refractivity contribution in [3.63, 3.8) is 0 Å². The van der Waals surface area contributed by atoms with Gasteiger partial charge in [0.1, 0.15) is 5.69 Å². The quantitative estimate of drug-likeness (QED) is 0.792. The average Bonchev–Trinajstić information content (AvgIpc) is 2.59. The van der Waals surface area contributed by atoms with Crippen molar-refractivity contribution < 1.29 is 8.76 Å². The minimum absolute atomic E-state index is 0.214. The minimum atomic E-state index is -2.24. The van der Waals surface area contributed by atoms with Crippen molar-refractivity contribution in [2.75, 3.05) is 17.8 Å². The highest BCUT2D eigenvalue weighted by molar-refractivity contribution is 7.79. The normalized spacial score (nSPS) is 12.4. The van der Waals surface area contributed by atoms with Crippen LogP contribution in [-0.4, -0.2) is 31.0 Å². The van der Waals surface area contributed by atoms with Crippen LogP contribution in [0.4, 0.5) is 5.69 Å². The smallest absolute Gasteiger partial charge is 0.295 e. The van der Waals surface area contributed by atoms with Gasteiger partial charge in [-0.15, -0.1) is 0 Å². The van der Waals surface area contributed by atoms with Crippen molar-refractivity contribution in [1.82, 2.24) is 9.36 Å². The fraction of sp³-hybridized carbons (Fsp3) is 0.357. The maximum absolute atomic E-state index is 12.6. The first-order chi connectivity index (χ1) is 9.82. The second-order valence-electron chi connectivity index (χ2n) is 5.04. The Morgan fingerprint density at radius 1 is 1.33 bits per heavy atom. The lowest BCUT2D eigenvalue weighted by atomic mass is 10.2. The van der Waals surface area contributed by atoms with Crippen molar-refractivity contribution >= 4 is 16.8 Å². The molecule has 0 saturated carbocycles. The van der Waals surface area contributed by atoms with Gasteiger partial charge < -0.3 is 9.45 Å². The van der Waals surface area contributed by atoms with Crippen LogP contribution in [0.25, 0.3) is 5.69 Å². The molecule has 1 unspecified atom stereocenters. The van der Waals surface area contributed by atoms with Crippen LogP contribution < -0.4 is 10.5 Å². The van der Waals surface area contributed by atoms with Crippen LogP contribution in [-0.2, 0) is 18.1 Å². The molecule has 1 atom stereocenters. The number of aromatic nitrogens is 2. The lowest BCUT2D eigenvalue weighted by molar-refractivity contribution is 0.536. The second-order valence-corrected chi connectivity index (χ2v) is 5.91. The summed E-state index contributed by atoms with van der Waals surface area (Å²) >= 11 is -2.24. The van der Waals surface area contributed by atoms with Gasteiger partial charge in [-0.2, -0.15) is 0 Å². The van der Waals surface area contributed by atoms with E-state index in [1.165, 1.54) is 4.90 Å². The zero-order valence-electron chi connectivity index (χ0n) is 12.5. The van der Waals surface area contributed by atoms with E-state index >= 15 is 0 Å². The Morgan fingerprint density at radius 2 is 2.00 bits per heavy atom. The average molecular weight is 308 g/mol. The van der Waals surface area contributed by atoms with E-state index in [0.29, 0.717) is 5.69 Å². The summed E-state index contributed by atoms with van der Waals surface area (Å²) in [5.74, 6) is -0.214. The first kappa shape index (κ1) is 15.5. The zero-order chi connectivity index (χ0) is 15.7. The van der Waals surface area contributed by atoms with E-state index in [0.717, 1.165) is 16.9 Å². The second kappa shape index (κ2) is 5.87. The standard InChI is InChI=1S/C14H19N3O3S/c1-10-6-5-7-12(8-10)17-14(18)13(11(2)16(17)4)15(3)9-21(19)20/h5-8H,9H2,1-4H3,(H,19,20)/p-1. The third-order valence-electron chi connectivity index (χ3n) is 3.45. The van der Waals surface area contributed by atoms with Crippen LogP contribution in [0.2, 0.25) is 0 Å². The molecule has 1 aromatic carbocycles. The number of hydrogen-bond acceptors (Lipinski definition) is 4. The number of rotatable bonds is 4. The van der Waals surface area contributed by atoms with E-state index in [2.05, 4.69) is 0 Å². The van der Waals surface area contributed by atoms with Gasteiger partial charge in [0.15, 0.2) is 0 Å². The van der Waals surface area contributed by atoms with Crippen LogP contribution in [0.3, 0.4) is 0 Å². The Morgan fingerprint density at radius 3 is 2.57 bits per heavy atom. The van der Waals surface area contributed by atoms with Gasteiger partial charge in [0.05, 0.1) is 17.3 Å². The molecule has 6 nitrogen and oxygen atoms in total. The van der Waals surface area contributed by atoms with Gasteiger partial charge in [-0.25, -0.2) is 4.68 Å². The number of nitrogens with zero attached hydrogens (tertiary/aromatic N) is 3. The first-order valence-corrected chi connectivity index (χ1v) is 7.70. The minimum Gasteiger partial charge on any atom is -0.771 e. The lowest BCUT2D eigenvalue weighted by Gasteiger charge is -2.18. The molecule has 0 aliphatic rings. The molecule has 0 bridgehead atoms. The molecule has 2 rings (SSSR count). The summed E-state index contributed by atoms with van der Waals surface area (Å²) in [7, 11) is 3.38. The summed E-state index contributed by atoms with van der Waals surface area (Å²) in [4.78, 5) is 14.1. The molecule has 0 radical (unpaired) electrons. The van der Waals surface area contributed by atoms with Crippen molar-refractivity contribution in [2.24, 2.45) is 7.05 Å². The third kappa shape index (κ3) is 2.93. The van der Waals surface area contributed by atoms with E-state index < -0.39 is 11.1 Å². The summed E-state index contributed by atoms with van der Waals surface area (Å²) in [6.45, 7) is 3.76. The molecule has 0 fully saturated rings. The highest BCUT2D eigenvalue weighted by atomic mass is 32.2. The van der Waals surface area contributed by atoms with E-state index in [4.69, 9.17) is 0 Å². The molecule has 7 heteroatoms. The molecule has 0 amide bonds. The summed E-state index contributed by atoms with van der Waals surface area (Å²) in [6, 6.07) is 7.60. The summed E-state index contributed by atoms with van der Waals surface area (Å²) < 4.78 is 25.0. The Kier molecular flexibility index (Phi) is 4.34. The molecule has 1 aromatic heterocycles. The number of anilines is 1. The molecule has 21 heavy (non-hydrogen) atoms. The Balaban J connectivity index is 2.60. The molecule has 0 saturated heterocycles. The number of hydrogen-bond donors (Lipinski definition) is 0. The van der Waals surface area contributed by atoms with E-state index in [1.807, 2.05) is 31.2 Å². The molecule has 114 valence electrons. The predicted molar refractivity (Wildman–Crippen MR) is 82.7 cm³/mol. The Hall–Kier alpha value is -1.86.